The molecule has 2 aromatic carbocycles. The van der Waals surface area contributed by atoms with Gasteiger partial charge in [-0.1, -0.05) is 45.0 Å². The fourth-order valence-corrected chi connectivity index (χ4v) is 3.63. The van der Waals surface area contributed by atoms with E-state index in [2.05, 4.69) is 20.8 Å². The highest BCUT2D eigenvalue weighted by Gasteiger charge is 2.24. The Balaban J connectivity index is 1.56. The summed E-state index contributed by atoms with van der Waals surface area (Å²) < 4.78 is 10.9. The Morgan fingerprint density at radius 2 is 1.48 bits per heavy atom. The van der Waals surface area contributed by atoms with E-state index in [9.17, 15) is 9.59 Å². The van der Waals surface area contributed by atoms with E-state index in [1.54, 1.807) is 24.1 Å². The number of carbonyl (C=O) groups excluding carboxylic acids is 2. The average Bonchev–Trinajstić information content (AvgIpc) is 3.03. The van der Waals surface area contributed by atoms with Crippen LogP contribution < -0.4 is 9.47 Å². The van der Waals surface area contributed by atoms with Gasteiger partial charge in [0.1, 0.15) is 0 Å². The van der Waals surface area contributed by atoms with Gasteiger partial charge in [0.05, 0.1) is 7.11 Å². The molecule has 1 fully saturated rings. The molecule has 2 aromatic rings. The minimum atomic E-state index is -0.0882. The molecule has 3 rings (SSSR count). The van der Waals surface area contributed by atoms with Crippen LogP contribution in [0.1, 0.15) is 43.1 Å². The first-order valence-electron chi connectivity index (χ1n) is 10.7. The topological polar surface area (TPSA) is 59.1 Å². The predicted octanol–water partition coefficient (Wildman–Crippen LogP) is 3.75. The van der Waals surface area contributed by atoms with E-state index in [-0.39, 0.29) is 23.8 Å². The number of rotatable bonds is 5. The van der Waals surface area contributed by atoms with Crippen LogP contribution in [0.3, 0.4) is 0 Å². The molecule has 0 atom stereocenters. The van der Waals surface area contributed by atoms with Crippen molar-refractivity contribution in [1.29, 1.82) is 0 Å². The molecule has 0 N–H and O–H groups in total. The molecule has 6 heteroatoms. The minimum Gasteiger partial charge on any atom is -0.493 e. The quantitative estimate of drug-likeness (QED) is 0.734. The molecule has 0 unspecified atom stereocenters. The Labute approximate surface area is 184 Å². The summed E-state index contributed by atoms with van der Waals surface area (Å²) in [5.74, 6) is 1.07. The standard InChI is InChI=1S/C25H32N2O4/c1-25(2,3)20-12-10-19(11-13-20)24(29)27-15-7-14-26(16-17-27)23(28)18-31-22-9-6-5-8-21(22)30-4/h5-6,8-13H,7,14-18H2,1-4H3. The van der Waals surface area contributed by atoms with Crippen LogP contribution in [0.5, 0.6) is 11.5 Å². The molecule has 0 aliphatic carbocycles. The zero-order chi connectivity index (χ0) is 22.4. The summed E-state index contributed by atoms with van der Waals surface area (Å²) in [7, 11) is 1.57. The third-order valence-electron chi connectivity index (χ3n) is 5.55. The van der Waals surface area contributed by atoms with Gasteiger partial charge in [0.25, 0.3) is 11.8 Å². The number of hydrogen-bond acceptors (Lipinski definition) is 4. The van der Waals surface area contributed by atoms with Gasteiger partial charge in [-0.2, -0.15) is 0 Å². The molecule has 1 saturated heterocycles. The maximum atomic E-state index is 13.0. The first kappa shape index (κ1) is 22.7. The summed E-state index contributed by atoms with van der Waals surface area (Å²) >= 11 is 0. The van der Waals surface area contributed by atoms with Crippen LogP contribution in [0.2, 0.25) is 0 Å². The molecule has 0 aromatic heterocycles. The van der Waals surface area contributed by atoms with E-state index in [4.69, 9.17) is 9.47 Å². The van der Waals surface area contributed by atoms with Gasteiger partial charge in [0.2, 0.25) is 0 Å². The molecule has 0 spiro atoms. The fourth-order valence-electron chi connectivity index (χ4n) is 3.63. The number of para-hydroxylation sites is 2. The third-order valence-corrected chi connectivity index (χ3v) is 5.55. The zero-order valence-electron chi connectivity index (χ0n) is 18.9. The van der Waals surface area contributed by atoms with Gasteiger partial charge in [-0.25, -0.2) is 0 Å². The van der Waals surface area contributed by atoms with Gasteiger partial charge in [-0.3, -0.25) is 9.59 Å². The maximum Gasteiger partial charge on any atom is 0.260 e. The summed E-state index contributed by atoms with van der Waals surface area (Å²) in [6.07, 6.45) is 0.742. The van der Waals surface area contributed by atoms with Crippen molar-refractivity contribution in [3.05, 3.63) is 59.7 Å². The van der Waals surface area contributed by atoms with Gasteiger partial charge in [-0.15, -0.1) is 0 Å². The number of ether oxygens (including phenoxy) is 2. The van der Waals surface area contributed by atoms with E-state index in [1.165, 1.54) is 5.56 Å². The first-order chi connectivity index (χ1) is 14.8. The maximum absolute atomic E-state index is 13.0. The molecule has 2 amide bonds. The largest absolute Gasteiger partial charge is 0.493 e. The van der Waals surface area contributed by atoms with Crippen LogP contribution >= 0.6 is 0 Å². The fraction of sp³-hybridized carbons (Fsp3) is 0.440. The summed E-state index contributed by atoms with van der Waals surface area (Å²) in [6.45, 7) is 8.67. The number of benzene rings is 2. The van der Waals surface area contributed by atoms with Crippen molar-refractivity contribution in [3.63, 3.8) is 0 Å². The molecule has 166 valence electrons. The van der Waals surface area contributed by atoms with Crippen LogP contribution in [0.4, 0.5) is 0 Å². The highest BCUT2D eigenvalue weighted by Crippen LogP contribution is 2.26. The van der Waals surface area contributed by atoms with E-state index in [0.717, 1.165) is 6.42 Å². The highest BCUT2D eigenvalue weighted by molar-refractivity contribution is 5.94. The number of amides is 2. The molecule has 1 heterocycles. The van der Waals surface area contributed by atoms with Gasteiger partial charge < -0.3 is 19.3 Å². The van der Waals surface area contributed by atoms with Crippen LogP contribution in [0, 0.1) is 0 Å². The third kappa shape index (κ3) is 5.78. The molecule has 1 aliphatic heterocycles. The van der Waals surface area contributed by atoms with E-state index in [1.807, 2.05) is 41.3 Å². The zero-order valence-corrected chi connectivity index (χ0v) is 18.9. The predicted molar refractivity (Wildman–Crippen MR) is 121 cm³/mol. The van der Waals surface area contributed by atoms with Crippen molar-refractivity contribution in [2.24, 2.45) is 0 Å². The normalized spacial score (nSPS) is 14.7. The second-order valence-corrected chi connectivity index (χ2v) is 8.79. The monoisotopic (exact) mass is 424 g/mol. The lowest BCUT2D eigenvalue weighted by atomic mass is 9.86. The van der Waals surface area contributed by atoms with E-state index >= 15 is 0 Å². The molecule has 0 radical (unpaired) electrons. The molecule has 31 heavy (non-hydrogen) atoms. The van der Waals surface area contributed by atoms with Crippen LogP contribution in [-0.4, -0.2) is 61.5 Å². The van der Waals surface area contributed by atoms with Gasteiger partial charge in [0, 0.05) is 31.7 Å². The SMILES string of the molecule is COc1ccccc1OCC(=O)N1CCCN(C(=O)c2ccc(C(C)(C)C)cc2)CC1. The summed E-state index contributed by atoms with van der Waals surface area (Å²) in [5.41, 5.74) is 1.94. The van der Waals surface area contributed by atoms with Crippen LogP contribution in [0.15, 0.2) is 48.5 Å². The Morgan fingerprint density at radius 1 is 0.871 bits per heavy atom. The Hall–Kier alpha value is -3.02. The second-order valence-electron chi connectivity index (χ2n) is 8.79. The Morgan fingerprint density at radius 3 is 2.13 bits per heavy atom. The van der Waals surface area contributed by atoms with Gasteiger partial charge in [0.15, 0.2) is 18.1 Å². The molecule has 0 saturated carbocycles. The van der Waals surface area contributed by atoms with Crippen molar-refractivity contribution in [2.45, 2.75) is 32.6 Å². The van der Waals surface area contributed by atoms with Crippen molar-refractivity contribution >= 4 is 11.8 Å². The van der Waals surface area contributed by atoms with E-state index in [0.29, 0.717) is 43.2 Å². The summed E-state index contributed by atoms with van der Waals surface area (Å²) in [6, 6.07) is 15.1. The second kappa shape index (κ2) is 9.86. The number of hydrogen-bond donors (Lipinski definition) is 0. The van der Waals surface area contributed by atoms with Gasteiger partial charge >= 0.3 is 0 Å². The Kier molecular flexibility index (Phi) is 7.21. The van der Waals surface area contributed by atoms with E-state index < -0.39 is 0 Å². The lowest BCUT2D eigenvalue weighted by molar-refractivity contribution is -0.133. The van der Waals surface area contributed by atoms with Crippen LogP contribution in [0.25, 0.3) is 0 Å². The molecule has 6 nitrogen and oxygen atoms in total. The minimum absolute atomic E-state index is 0.0139. The van der Waals surface area contributed by atoms with Crippen molar-refractivity contribution in [3.8, 4) is 11.5 Å². The number of carbonyl (C=O) groups is 2. The van der Waals surface area contributed by atoms with Crippen molar-refractivity contribution < 1.29 is 19.1 Å². The highest BCUT2D eigenvalue weighted by atomic mass is 16.5. The van der Waals surface area contributed by atoms with Crippen LogP contribution in [-0.2, 0) is 10.2 Å². The number of methoxy groups -OCH3 is 1. The number of nitrogens with zero attached hydrogens (tertiary/aromatic N) is 2. The van der Waals surface area contributed by atoms with Crippen molar-refractivity contribution in [2.75, 3.05) is 39.9 Å². The average molecular weight is 425 g/mol. The lowest BCUT2D eigenvalue weighted by Crippen LogP contribution is -2.39. The molecular weight excluding hydrogens is 392 g/mol. The van der Waals surface area contributed by atoms with Gasteiger partial charge in [-0.05, 0) is 41.7 Å². The Bertz CT molecular complexity index is 902. The first-order valence-corrected chi connectivity index (χ1v) is 10.7. The van der Waals surface area contributed by atoms with Crippen molar-refractivity contribution in [1.82, 2.24) is 9.80 Å². The summed E-state index contributed by atoms with van der Waals surface area (Å²) in [5, 5.41) is 0. The molecular formula is C25H32N2O4. The lowest BCUT2D eigenvalue weighted by Gasteiger charge is -2.23. The summed E-state index contributed by atoms with van der Waals surface area (Å²) in [4.78, 5) is 29.2. The molecule has 0 bridgehead atoms. The molecule has 1 aliphatic rings. The smallest absolute Gasteiger partial charge is 0.260 e.